The van der Waals surface area contributed by atoms with Gasteiger partial charge in [-0.3, -0.25) is 0 Å². The van der Waals surface area contributed by atoms with Crippen LogP contribution in [0.1, 0.15) is 30.4 Å². The number of fused-ring (bicyclic) bond motifs is 1. The van der Waals surface area contributed by atoms with E-state index in [1.54, 1.807) is 13.2 Å². The van der Waals surface area contributed by atoms with Crippen LogP contribution in [-0.4, -0.2) is 47.5 Å². The molecule has 0 atom stereocenters. The fourth-order valence-electron chi connectivity index (χ4n) is 4.55. The van der Waals surface area contributed by atoms with Gasteiger partial charge in [0.25, 0.3) is 0 Å². The molecule has 0 amide bonds. The Balaban J connectivity index is 1.31. The molecule has 164 valence electrons. The van der Waals surface area contributed by atoms with Gasteiger partial charge in [0.2, 0.25) is 0 Å². The van der Waals surface area contributed by atoms with Crippen molar-refractivity contribution in [1.82, 2.24) is 4.90 Å². The molecule has 1 aliphatic heterocycles. The predicted octanol–water partition coefficient (Wildman–Crippen LogP) is 5.21. The summed E-state index contributed by atoms with van der Waals surface area (Å²) < 4.78 is 5.27. The molecule has 1 heterocycles. The standard InChI is InChI=1S/C26H30ClNO3/c1-31-24-10-9-20-16-21(23(29)17-22(20)25(24)27)8-5-13-28-14-11-26(30,12-15-28)18-19-6-3-2-4-7-19/h2-4,6-7,9-10,16-17,29-30H,5,8,11-15,18H2,1H3. The number of likely N-dealkylation sites (tertiary alicyclic amines) is 1. The van der Waals surface area contributed by atoms with Crippen LogP contribution in [0, 0.1) is 0 Å². The van der Waals surface area contributed by atoms with E-state index in [-0.39, 0.29) is 5.75 Å². The second-order valence-corrected chi connectivity index (χ2v) is 8.99. The first-order chi connectivity index (χ1) is 15.0. The zero-order chi connectivity index (χ0) is 21.8. The number of benzene rings is 3. The van der Waals surface area contributed by atoms with E-state index in [9.17, 15) is 10.2 Å². The summed E-state index contributed by atoms with van der Waals surface area (Å²) in [5, 5.41) is 23.8. The first-order valence-corrected chi connectivity index (χ1v) is 11.3. The zero-order valence-electron chi connectivity index (χ0n) is 18.0. The number of hydrogen-bond donors (Lipinski definition) is 2. The number of nitrogens with zero attached hydrogens (tertiary/aromatic N) is 1. The molecule has 3 aromatic rings. The molecule has 0 aliphatic carbocycles. The molecule has 0 unspecified atom stereocenters. The highest BCUT2D eigenvalue weighted by molar-refractivity contribution is 6.37. The molecular formula is C26H30ClNO3. The summed E-state index contributed by atoms with van der Waals surface area (Å²) in [7, 11) is 1.59. The van der Waals surface area contributed by atoms with E-state index in [1.807, 2.05) is 36.4 Å². The van der Waals surface area contributed by atoms with Crippen LogP contribution < -0.4 is 4.74 Å². The van der Waals surface area contributed by atoms with E-state index >= 15 is 0 Å². The van der Waals surface area contributed by atoms with E-state index < -0.39 is 5.60 Å². The second-order valence-electron chi connectivity index (χ2n) is 8.62. The molecule has 1 aliphatic rings. The minimum atomic E-state index is -0.602. The van der Waals surface area contributed by atoms with Crippen LogP contribution in [0.5, 0.6) is 11.5 Å². The summed E-state index contributed by atoms with van der Waals surface area (Å²) in [6.07, 6.45) is 4.07. The number of aromatic hydroxyl groups is 1. The van der Waals surface area contributed by atoms with Crippen LogP contribution in [0.15, 0.2) is 54.6 Å². The van der Waals surface area contributed by atoms with E-state index in [0.717, 1.165) is 68.1 Å². The molecule has 0 aromatic heterocycles. The lowest BCUT2D eigenvalue weighted by Gasteiger charge is -2.38. The molecule has 2 N–H and O–H groups in total. The number of piperidine rings is 1. The lowest BCUT2D eigenvalue weighted by Crippen LogP contribution is -2.45. The van der Waals surface area contributed by atoms with E-state index in [0.29, 0.717) is 10.8 Å². The van der Waals surface area contributed by atoms with Crippen LogP contribution in [0.3, 0.4) is 0 Å². The predicted molar refractivity (Wildman–Crippen MR) is 126 cm³/mol. The lowest BCUT2D eigenvalue weighted by molar-refractivity contribution is -0.0207. The molecule has 0 bridgehead atoms. The number of hydrogen-bond acceptors (Lipinski definition) is 4. The number of phenolic OH excluding ortho intramolecular Hbond substituents is 1. The van der Waals surface area contributed by atoms with Gasteiger partial charge in [0.05, 0.1) is 17.7 Å². The van der Waals surface area contributed by atoms with Crippen molar-refractivity contribution in [2.24, 2.45) is 0 Å². The Morgan fingerprint density at radius 1 is 1.06 bits per heavy atom. The molecule has 4 rings (SSSR count). The third-order valence-corrected chi connectivity index (χ3v) is 6.81. The highest BCUT2D eigenvalue weighted by Gasteiger charge is 2.32. The van der Waals surface area contributed by atoms with Gasteiger partial charge in [-0.15, -0.1) is 0 Å². The highest BCUT2D eigenvalue weighted by Crippen LogP contribution is 2.36. The van der Waals surface area contributed by atoms with E-state index in [4.69, 9.17) is 16.3 Å². The van der Waals surface area contributed by atoms with Gasteiger partial charge < -0.3 is 19.8 Å². The highest BCUT2D eigenvalue weighted by atomic mass is 35.5. The molecule has 31 heavy (non-hydrogen) atoms. The normalized spacial score (nSPS) is 16.5. The Morgan fingerprint density at radius 2 is 1.81 bits per heavy atom. The first kappa shape index (κ1) is 21.9. The Morgan fingerprint density at radius 3 is 2.52 bits per heavy atom. The number of aryl methyl sites for hydroxylation is 1. The first-order valence-electron chi connectivity index (χ1n) is 10.9. The van der Waals surface area contributed by atoms with Gasteiger partial charge in [-0.2, -0.15) is 0 Å². The summed E-state index contributed by atoms with van der Waals surface area (Å²) in [6, 6.07) is 17.8. The number of rotatable bonds is 7. The Hall–Kier alpha value is -2.27. The summed E-state index contributed by atoms with van der Waals surface area (Å²) in [5.41, 5.74) is 1.53. The van der Waals surface area contributed by atoms with Crippen molar-refractivity contribution in [3.63, 3.8) is 0 Å². The topological polar surface area (TPSA) is 52.9 Å². The number of ether oxygens (including phenoxy) is 1. The van der Waals surface area contributed by atoms with Crippen LogP contribution >= 0.6 is 11.6 Å². The number of phenols is 1. The van der Waals surface area contributed by atoms with Crippen LogP contribution in [0.2, 0.25) is 5.02 Å². The third-order valence-electron chi connectivity index (χ3n) is 6.42. The molecule has 5 heteroatoms. The fourth-order valence-corrected chi connectivity index (χ4v) is 4.85. The van der Waals surface area contributed by atoms with Crippen molar-refractivity contribution in [3.8, 4) is 11.5 Å². The van der Waals surface area contributed by atoms with Crippen LogP contribution in [0.4, 0.5) is 0 Å². The maximum atomic E-state index is 11.0. The number of halogens is 1. The molecule has 3 aromatic carbocycles. The maximum absolute atomic E-state index is 11.0. The minimum absolute atomic E-state index is 0.276. The smallest absolute Gasteiger partial charge is 0.138 e. The Kier molecular flexibility index (Phi) is 6.71. The largest absolute Gasteiger partial charge is 0.508 e. The maximum Gasteiger partial charge on any atom is 0.138 e. The van der Waals surface area contributed by atoms with Crippen LogP contribution in [0.25, 0.3) is 10.8 Å². The summed E-state index contributed by atoms with van der Waals surface area (Å²) in [4.78, 5) is 2.42. The second kappa shape index (κ2) is 9.47. The summed E-state index contributed by atoms with van der Waals surface area (Å²) in [6.45, 7) is 2.77. The molecule has 0 spiro atoms. The van der Waals surface area contributed by atoms with Gasteiger partial charge >= 0.3 is 0 Å². The van der Waals surface area contributed by atoms with Gasteiger partial charge in [-0.05, 0) is 66.9 Å². The van der Waals surface area contributed by atoms with Crippen molar-refractivity contribution in [2.75, 3.05) is 26.7 Å². The number of aliphatic hydroxyl groups is 1. The van der Waals surface area contributed by atoms with E-state index in [1.165, 1.54) is 5.56 Å². The van der Waals surface area contributed by atoms with Gasteiger partial charge in [-0.25, -0.2) is 0 Å². The summed E-state index contributed by atoms with van der Waals surface area (Å²) in [5.74, 6) is 0.886. The average Bonchev–Trinajstić information content (AvgIpc) is 2.77. The van der Waals surface area contributed by atoms with Crippen molar-refractivity contribution in [1.29, 1.82) is 0 Å². The zero-order valence-corrected chi connectivity index (χ0v) is 18.7. The summed E-state index contributed by atoms with van der Waals surface area (Å²) >= 11 is 6.38. The molecule has 0 radical (unpaired) electrons. The van der Waals surface area contributed by atoms with Crippen molar-refractivity contribution < 1.29 is 14.9 Å². The van der Waals surface area contributed by atoms with Crippen molar-refractivity contribution in [2.45, 2.75) is 37.7 Å². The van der Waals surface area contributed by atoms with Crippen LogP contribution in [-0.2, 0) is 12.8 Å². The van der Waals surface area contributed by atoms with Crippen molar-refractivity contribution >= 4 is 22.4 Å². The van der Waals surface area contributed by atoms with Crippen molar-refractivity contribution in [3.05, 3.63) is 70.7 Å². The fraction of sp³-hybridized carbons (Fsp3) is 0.385. The SMILES string of the molecule is COc1ccc2cc(CCCN3CCC(O)(Cc4ccccc4)CC3)c(O)cc2c1Cl. The minimum Gasteiger partial charge on any atom is -0.508 e. The molecule has 0 saturated carbocycles. The van der Waals surface area contributed by atoms with Gasteiger partial charge in [0.15, 0.2) is 0 Å². The van der Waals surface area contributed by atoms with Gasteiger partial charge in [0.1, 0.15) is 11.5 Å². The monoisotopic (exact) mass is 439 g/mol. The molecular weight excluding hydrogens is 410 g/mol. The molecule has 1 saturated heterocycles. The van der Waals surface area contributed by atoms with Gasteiger partial charge in [-0.1, -0.05) is 48.0 Å². The number of methoxy groups -OCH3 is 1. The Bertz CT molecular complexity index is 1030. The molecule has 4 nitrogen and oxygen atoms in total. The average molecular weight is 440 g/mol. The lowest BCUT2D eigenvalue weighted by atomic mass is 9.85. The van der Waals surface area contributed by atoms with E-state index in [2.05, 4.69) is 17.0 Å². The quantitative estimate of drug-likeness (QED) is 0.530. The third kappa shape index (κ3) is 5.15. The van der Waals surface area contributed by atoms with Gasteiger partial charge in [0, 0.05) is 24.9 Å². The molecule has 1 fully saturated rings. The Labute approximate surface area is 189 Å².